The summed E-state index contributed by atoms with van der Waals surface area (Å²) in [4.78, 5) is 35.9. The van der Waals surface area contributed by atoms with Crippen molar-refractivity contribution in [3.8, 4) is 17.0 Å². The number of amides is 1. The Balaban J connectivity index is 1.72. The van der Waals surface area contributed by atoms with E-state index in [9.17, 15) is 23.9 Å². The Bertz CT molecular complexity index is 1010. The summed E-state index contributed by atoms with van der Waals surface area (Å²) < 4.78 is 20.3. The van der Waals surface area contributed by atoms with Gasteiger partial charge >= 0.3 is 5.97 Å². The number of methoxy groups -OCH3 is 1. The lowest BCUT2D eigenvalue weighted by atomic mass is 9.71. The molecule has 3 rings (SSSR count). The maximum absolute atomic E-state index is 14.4. The second kappa shape index (κ2) is 9.72. The fourth-order valence-electron chi connectivity index (χ4n) is 4.05. The number of hydrogen-bond acceptors (Lipinski definition) is 5. The lowest BCUT2D eigenvalue weighted by molar-refractivity contribution is -0.140. The number of carbonyl (C=O) groups excluding carboxylic acids is 1. The van der Waals surface area contributed by atoms with Crippen LogP contribution in [0.25, 0.3) is 11.3 Å². The van der Waals surface area contributed by atoms with Crippen molar-refractivity contribution in [1.82, 2.24) is 15.1 Å². The smallest absolute Gasteiger partial charge is 0.303 e. The maximum atomic E-state index is 14.4. The van der Waals surface area contributed by atoms with Crippen molar-refractivity contribution in [2.75, 3.05) is 13.7 Å². The third-order valence-corrected chi connectivity index (χ3v) is 5.71. The summed E-state index contributed by atoms with van der Waals surface area (Å²) in [5.41, 5.74) is -0.572. The number of carbonyl (C=O) groups is 2. The first-order valence-corrected chi connectivity index (χ1v) is 10.2. The molecule has 166 valence electrons. The number of benzene rings is 1. The minimum Gasteiger partial charge on any atom is -0.497 e. The molecule has 1 heterocycles. The molecule has 0 saturated heterocycles. The summed E-state index contributed by atoms with van der Waals surface area (Å²) in [6.07, 6.45) is 4.40. The number of carboxylic acids is 1. The first-order chi connectivity index (χ1) is 14.8. The van der Waals surface area contributed by atoms with Crippen LogP contribution in [0.4, 0.5) is 4.39 Å². The van der Waals surface area contributed by atoms with Crippen LogP contribution in [0, 0.1) is 11.2 Å². The summed E-state index contributed by atoms with van der Waals surface area (Å²) in [6.45, 7) is -0.104. The lowest BCUT2D eigenvalue weighted by Gasteiger charge is -2.36. The molecular formula is C22H26FN3O5. The van der Waals surface area contributed by atoms with Crippen LogP contribution in [0.1, 0.15) is 38.5 Å². The van der Waals surface area contributed by atoms with E-state index in [1.165, 1.54) is 31.4 Å². The molecule has 1 aliphatic rings. The number of ether oxygens (including phenoxy) is 1. The van der Waals surface area contributed by atoms with E-state index in [4.69, 9.17) is 4.74 Å². The zero-order valence-electron chi connectivity index (χ0n) is 17.4. The van der Waals surface area contributed by atoms with Crippen molar-refractivity contribution < 1.29 is 23.8 Å². The third kappa shape index (κ3) is 5.68. The molecule has 1 aromatic carbocycles. The second-order valence-electron chi connectivity index (χ2n) is 7.97. The summed E-state index contributed by atoms with van der Waals surface area (Å²) in [5, 5.41) is 16.2. The van der Waals surface area contributed by atoms with Crippen LogP contribution in [-0.2, 0) is 16.1 Å². The van der Waals surface area contributed by atoms with Crippen molar-refractivity contribution in [2.24, 2.45) is 5.41 Å². The monoisotopic (exact) mass is 431 g/mol. The van der Waals surface area contributed by atoms with Crippen LogP contribution in [0.5, 0.6) is 5.75 Å². The van der Waals surface area contributed by atoms with Crippen molar-refractivity contribution in [3.05, 3.63) is 46.5 Å². The highest BCUT2D eigenvalue weighted by atomic mass is 19.1. The number of aromatic nitrogens is 2. The second-order valence-corrected chi connectivity index (χ2v) is 7.97. The first-order valence-electron chi connectivity index (χ1n) is 10.2. The van der Waals surface area contributed by atoms with Crippen molar-refractivity contribution in [1.29, 1.82) is 0 Å². The Labute approximate surface area is 179 Å². The van der Waals surface area contributed by atoms with Gasteiger partial charge in [-0.25, -0.2) is 9.07 Å². The molecule has 2 N–H and O–H groups in total. The molecular weight excluding hydrogens is 405 g/mol. The van der Waals surface area contributed by atoms with Gasteiger partial charge in [0.05, 0.1) is 19.2 Å². The summed E-state index contributed by atoms with van der Waals surface area (Å²) in [7, 11) is 1.43. The van der Waals surface area contributed by atoms with Gasteiger partial charge in [0.2, 0.25) is 5.91 Å². The summed E-state index contributed by atoms with van der Waals surface area (Å²) >= 11 is 0. The minimum atomic E-state index is -0.886. The average Bonchev–Trinajstić information content (AvgIpc) is 2.74. The lowest BCUT2D eigenvalue weighted by Crippen LogP contribution is -2.42. The third-order valence-electron chi connectivity index (χ3n) is 5.71. The fraction of sp³-hybridized carbons (Fsp3) is 0.455. The fourth-order valence-corrected chi connectivity index (χ4v) is 4.05. The molecule has 8 nitrogen and oxygen atoms in total. The molecule has 9 heteroatoms. The molecule has 2 aromatic rings. The maximum Gasteiger partial charge on any atom is 0.303 e. The molecule has 31 heavy (non-hydrogen) atoms. The van der Waals surface area contributed by atoms with Crippen LogP contribution >= 0.6 is 0 Å². The van der Waals surface area contributed by atoms with Gasteiger partial charge in [0.15, 0.2) is 0 Å². The predicted octanol–water partition coefficient (Wildman–Crippen LogP) is 2.60. The van der Waals surface area contributed by atoms with Crippen LogP contribution in [0.3, 0.4) is 0 Å². The highest BCUT2D eigenvalue weighted by molar-refractivity contribution is 5.76. The SMILES string of the molecule is COc1ccc(-c2ccc(=O)n(CC(=O)NCC3(CC(=O)O)CCCCC3)n2)c(F)c1. The van der Waals surface area contributed by atoms with Crippen molar-refractivity contribution >= 4 is 11.9 Å². The highest BCUT2D eigenvalue weighted by Crippen LogP contribution is 2.38. The van der Waals surface area contributed by atoms with E-state index in [0.29, 0.717) is 5.75 Å². The number of nitrogens with one attached hydrogen (secondary N) is 1. The molecule has 1 aliphatic carbocycles. The van der Waals surface area contributed by atoms with Gasteiger partial charge in [-0.3, -0.25) is 14.4 Å². The normalized spacial score (nSPS) is 15.3. The van der Waals surface area contributed by atoms with E-state index in [1.54, 1.807) is 6.07 Å². The standard InChI is InChI=1S/C22H26FN3O5/c1-31-15-5-6-16(17(23)11-15)18-7-8-20(28)26(25-18)13-19(27)24-14-22(12-21(29)30)9-3-2-4-10-22/h5-8,11H,2-4,9-10,12-14H2,1H3,(H,24,27)(H,29,30). The molecule has 0 spiro atoms. The zero-order chi connectivity index (χ0) is 22.4. The number of hydrogen-bond donors (Lipinski definition) is 2. The Kier molecular flexibility index (Phi) is 7.04. The van der Waals surface area contributed by atoms with Gasteiger partial charge in [0.1, 0.15) is 18.1 Å². The van der Waals surface area contributed by atoms with Gasteiger partial charge in [0.25, 0.3) is 5.56 Å². The van der Waals surface area contributed by atoms with Crippen LogP contribution in [-0.4, -0.2) is 40.4 Å². The number of rotatable bonds is 8. The molecule has 1 aromatic heterocycles. The van der Waals surface area contributed by atoms with E-state index >= 15 is 0 Å². The molecule has 1 saturated carbocycles. The molecule has 0 atom stereocenters. The van der Waals surface area contributed by atoms with Gasteiger partial charge in [-0.2, -0.15) is 5.10 Å². The Morgan fingerprint density at radius 3 is 2.61 bits per heavy atom. The molecule has 1 fully saturated rings. The van der Waals surface area contributed by atoms with E-state index in [0.717, 1.165) is 36.8 Å². The van der Waals surface area contributed by atoms with Gasteiger partial charge in [-0.15, -0.1) is 0 Å². The number of nitrogens with zero attached hydrogens (tertiary/aromatic N) is 2. The van der Waals surface area contributed by atoms with Gasteiger partial charge in [-0.05, 0) is 36.5 Å². The van der Waals surface area contributed by atoms with Crippen molar-refractivity contribution in [3.63, 3.8) is 0 Å². The van der Waals surface area contributed by atoms with E-state index in [2.05, 4.69) is 10.4 Å². The Morgan fingerprint density at radius 1 is 1.23 bits per heavy atom. The van der Waals surface area contributed by atoms with Crippen LogP contribution in [0.2, 0.25) is 0 Å². The van der Waals surface area contributed by atoms with E-state index in [-0.39, 0.29) is 30.8 Å². The molecule has 0 bridgehead atoms. The molecule has 0 radical (unpaired) electrons. The Morgan fingerprint density at radius 2 is 1.97 bits per heavy atom. The van der Waals surface area contributed by atoms with E-state index in [1.807, 2.05) is 0 Å². The quantitative estimate of drug-likeness (QED) is 0.665. The zero-order valence-corrected chi connectivity index (χ0v) is 17.4. The average molecular weight is 431 g/mol. The number of halogens is 1. The van der Waals surface area contributed by atoms with Crippen molar-refractivity contribution in [2.45, 2.75) is 45.1 Å². The molecule has 1 amide bonds. The first kappa shape index (κ1) is 22.5. The van der Waals surface area contributed by atoms with Gasteiger partial charge in [-0.1, -0.05) is 19.3 Å². The van der Waals surface area contributed by atoms with E-state index < -0.39 is 28.7 Å². The summed E-state index contributed by atoms with van der Waals surface area (Å²) in [5.74, 6) is -1.54. The topological polar surface area (TPSA) is 111 Å². The predicted molar refractivity (Wildman–Crippen MR) is 111 cm³/mol. The van der Waals surface area contributed by atoms with Gasteiger partial charge < -0.3 is 15.2 Å². The van der Waals surface area contributed by atoms with Crippen LogP contribution in [0.15, 0.2) is 35.1 Å². The number of carboxylic acid groups (broad SMARTS) is 1. The largest absolute Gasteiger partial charge is 0.497 e. The van der Waals surface area contributed by atoms with Crippen LogP contribution < -0.4 is 15.6 Å². The Hall–Kier alpha value is -3.23. The molecule has 0 unspecified atom stereocenters. The number of aliphatic carboxylic acids is 1. The summed E-state index contributed by atoms with van der Waals surface area (Å²) in [6, 6.07) is 6.90. The molecule has 0 aliphatic heterocycles. The van der Waals surface area contributed by atoms with Gasteiger partial charge in [0, 0.05) is 24.2 Å². The minimum absolute atomic E-state index is 0.00227. The highest BCUT2D eigenvalue weighted by Gasteiger charge is 2.34.